The first-order valence-electron chi connectivity index (χ1n) is 7.03. The third-order valence-electron chi connectivity index (χ3n) is 3.52. The summed E-state index contributed by atoms with van der Waals surface area (Å²) < 4.78 is 3.07. The minimum Gasteiger partial charge on any atom is -0.267 e. The van der Waals surface area contributed by atoms with Gasteiger partial charge in [-0.2, -0.15) is 0 Å². The average Bonchev–Trinajstić information content (AvgIpc) is 3.11. The molecule has 4 aromatic rings. The normalized spacial score (nSPS) is 12.2. The number of thiazole rings is 1. The SMILES string of the molecule is O=c1/c(=C/c2ccccc2Br)sc2nnc(-c3cccc(Cl)c3)n12. The molecule has 2 heterocycles. The molecule has 0 aliphatic heterocycles. The van der Waals surface area contributed by atoms with Gasteiger partial charge in [-0.25, -0.2) is 4.40 Å². The fraction of sp³-hybridized carbons (Fsp3) is 0. The number of hydrogen-bond donors (Lipinski definition) is 0. The Morgan fingerprint density at radius 2 is 1.96 bits per heavy atom. The summed E-state index contributed by atoms with van der Waals surface area (Å²) in [5.41, 5.74) is 1.57. The summed E-state index contributed by atoms with van der Waals surface area (Å²) in [7, 11) is 0. The number of nitrogens with zero attached hydrogens (tertiary/aromatic N) is 3. The summed E-state index contributed by atoms with van der Waals surface area (Å²) >= 11 is 10.8. The highest BCUT2D eigenvalue weighted by molar-refractivity contribution is 9.10. The maximum atomic E-state index is 12.8. The van der Waals surface area contributed by atoms with Crippen molar-refractivity contribution in [3.8, 4) is 11.4 Å². The molecule has 0 unspecified atom stereocenters. The molecule has 0 radical (unpaired) electrons. The molecule has 118 valence electrons. The molecule has 4 nitrogen and oxygen atoms in total. The molecule has 0 N–H and O–H groups in total. The number of benzene rings is 2. The van der Waals surface area contributed by atoms with E-state index in [9.17, 15) is 4.79 Å². The number of rotatable bonds is 2. The zero-order valence-corrected chi connectivity index (χ0v) is 15.3. The zero-order valence-electron chi connectivity index (χ0n) is 12.1. The number of aromatic nitrogens is 3. The molecule has 7 heteroatoms. The summed E-state index contributed by atoms with van der Waals surface area (Å²) in [6.07, 6.45) is 1.85. The van der Waals surface area contributed by atoms with E-state index in [2.05, 4.69) is 26.1 Å². The highest BCUT2D eigenvalue weighted by Gasteiger charge is 2.14. The summed E-state index contributed by atoms with van der Waals surface area (Å²) in [6, 6.07) is 15.0. The molecule has 0 fully saturated rings. The summed E-state index contributed by atoms with van der Waals surface area (Å²) in [5, 5.41) is 8.85. The molecule has 24 heavy (non-hydrogen) atoms. The standard InChI is InChI=1S/C17H9BrClN3OS/c18-13-7-2-1-4-10(13)9-14-16(23)22-15(20-21-17(22)24-14)11-5-3-6-12(19)8-11/h1-9H/b14-9-. The second-order valence-electron chi connectivity index (χ2n) is 5.09. The minimum atomic E-state index is -0.134. The first kappa shape index (κ1) is 15.5. The van der Waals surface area contributed by atoms with Gasteiger partial charge in [0.1, 0.15) is 0 Å². The third kappa shape index (κ3) is 2.66. The Morgan fingerprint density at radius 3 is 2.75 bits per heavy atom. The molecular formula is C17H9BrClN3OS. The topological polar surface area (TPSA) is 47.3 Å². The van der Waals surface area contributed by atoms with Gasteiger partial charge in [-0.05, 0) is 29.8 Å². The van der Waals surface area contributed by atoms with Crippen LogP contribution in [0.4, 0.5) is 0 Å². The van der Waals surface area contributed by atoms with Crippen molar-refractivity contribution < 1.29 is 0 Å². The van der Waals surface area contributed by atoms with Gasteiger partial charge >= 0.3 is 0 Å². The van der Waals surface area contributed by atoms with Crippen LogP contribution in [0.1, 0.15) is 5.56 Å². The van der Waals surface area contributed by atoms with Crippen molar-refractivity contribution in [3.63, 3.8) is 0 Å². The van der Waals surface area contributed by atoms with Gasteiger partial charge in [0.15, 0.2) is 5.82 Å². The van der Waals surface area contributed by atoms with E-state index in [4.69, 9.17) is 11.6 Å². The molecule has 0 aliphatic rings. The third-order valence-corrected chi connectivity index (χ3v) is 5.44. The molecule has 0 amide bonds. The van der Waals surface area contributed by atoms with Gasteiger partial charge in [-0.15, -0.1) is 10.2 Å². The molecule has 2 aromatic carbocycles. The molecule has 2 aromatic heterocycles. The molecule has 0 saturated carbocycles. The van der Waals surface area contributed by atoms with Crippen LogP contribution in [0.3, 0.4) is 0 Å². The lowest BCUT2D eigenvalue weighted by atomic mass is 10.2. The lowest BCUT2D eigenvalue weighted by Crippen LogP contribution is -2.23. The largest absolute Gasteiger partial charge is 0.276 e. The Hall–Kier alpha value is -2.02. The van der Waals surface area contributed by atoms with E-state index in [0.29, 0.717) is 20.3 Å². The van der Waals surface area contributed by atoms with E-state index >= 15 is 0 Å². The fourth-order valence-corrected chi connectivity index (χ4v) is 3.90. The van der Waals surface area contributed by atoms with Crippen molar-refractivity contribution in [2.75, 3.05) is 0 Å². The Labute approximate surface area is 154 Å². The summed E-state index contributed by atoms with van der Waals surface area (Å²) in [6.45, 7) is 0. The molecule has 0 spiro atoms. The Morgan fingerprint density at radius 1 is 1.12 bits per heavy atom. The van der Waals surface area contributed by atoms with Crippen LogP contribution in [0.2, 0.25) is 5.02 Å². The Kier molecular flexibility index (Phi) is 3.96. The second kappa shape index (κ2) is 6.12. The fourth-order valence-electron chi connectivity index (χ4n) is 2.41. The van der Waals surface area contributed by atoms with Crippen molar-refractivity contribution in [3.05, 3.63) is 78.5 Å². The van der Waals surface area contributed by atoms with Crippen LogP contribution in [0.15, 0.2) is 57.8 Å². The quantitative estimate of drug-likeness (QED) is 0.498. The Balaban J connectivity index is 1.95. The number of halogens is 2. The predicted octanol–water partition coefficient (Wildman–Crippen LogP) is 3.78. The van der Waals surface area contributed by atoms with Crippen LogP contribution < -0.4 is 10.1 Å². The summed E-state index contributed by atoms with van der Waals surface area (Å²) in [4.78, 5) is 13.4. The van der Waals surface area contributed by atoms with E-state index in [0.717, 1.165) is 15.6 Å². The number of hydrogen-bond acceptors (Lipinski definition) is 4. The van der Waals surface area contributed by atoms with Crippen molar-refractivity contribution >= 4 is 49.9 Å². The van der Waals surface area contributed by atoms with Crippen molar-refractivity contribution in [1.82, 2.24) is 14.6 Å². The predicted molar refractivity (Wildman–Crippen MR) is 101 cm³/mol. The van der Waals surface area contributed by atoms with Crippen LogP contribution in [0, 0.1) is 0 Å². The first-order chi connectivity index (χ1) is 11.6. The second-order valence-corrected chi connectivity index (χ2v) is 7.39. The smallest absolute Gasteiger partial charge is 0.267 e. The molecular weight excluding hydrogens is 410 g/mol. The van der Waals surface area contributed by atoms with E-state index in [1.807, 2.05) is 42.5 Å². The van der Waals surface area contributed by atoms with Gasteiger partial charge in [-0.3, -0.25) is 4.79 Å². The lowest BCUT2D eigenvalue weighted by Gasteiger charge is -1.97. The van der Waals surface area contributed by atoms with Gasteiger partial charge in [-0.1, -0.05) is 69.2 Å². The van der Waals surface area contributed by atoms with Gasteiger partial charge < -0.3 is 0 Å². The maximum Gasteiger partial charge on any atom is 0.276 e. The van der Waals surface area contributed by atoms with Crippen LogP contribution in [0.25, 0.3) is 22.4 Å². The highest BCUT2D eigenvalue weighted by atomic mass is 79.9. The highest BCUT2D eigenvalue weighted by Crippen LogP contribution is 2.21. The molecule has 0 aliphatic carbocycles. The van der Waals surface area contributed by atoms with Crippen LogP contribution >= 0.6 is 38.9 Å². The van der Waals surface area contributed by atoms with E-state index in [-0.39, 0.29) is 5.56 Å². The maximum absolute atomic E-state index is 12.8. The van der Waals surface area contributed by atoms with Crippen LogP contribution in [0.5, 0.6) is 0 Å². The van der Waals surface area contributed by atoms with Crippen LogP contribution in [-0.4, -0.2) is 14.6 Å². The monoisotopic (exact) mass is 417 g/mol. The lowest BCUT2D eigenvalue weighted by molar-refractivity contribution is 1.09. The van der Waals surface area contributed by atoms with E-state index < -0.39 is 0 Å². The average molecular weight is 419 g/mol. The summed E-state index contributed by atoms with van der Waals surface area (Å²) in [5.74, 6) is 0.500. The van der Waals surface area contributed by atoms with E-state index in [1.54, 1.807) is 12.1 Å². The molecule has 0 bridgehead atoms. The van der Waals surface area contributed by atoms with Gasteiger partial charge in [0.2, 0.25) is 4.96 Å². The molecule has 0 saturated heterocycles. The van der Waals surface area contributed by atoms with Crippen molar-refractivity contribution in [2.24, 2.45) is 0 Å². The first-order valence-corrected chi connectivity index (χ1v) is 9.02. The number of fused-ring (bicyclic) bond motifs is 1. The van der Waals surface area contributed by atoms with Gasteiger partial charge in [0.05, 0.1) is 4.53 Å². The van der Waals surface area contributed by atoms with E-state index in [1.165, 1.54) is 15.7 Å². The zero-order chi connectivity index (χ0) is 16.7. The van der Waals surface area contributed by atoms with Gasteiger partial charge in [0.25, 0.3) is 5.56 Å². The Bertz CT molecular complexity index is 1170. The van der Waals surface area contributed by atoms with Crippen LogP contribution in [-0.2, 0) is 0 Å². The van der Waals surface area contributed by atoms with Gasteiger partial charge in [0, 0.05) is 15.1 Å². The van der Waals surface area contributed by atoms with Crippen molar-refractivity contribution in [2.45, 2.75) is 0 Å². The minimum absolute atomic E-state index is 0.134. The molecule has 0 atom stereocenters. The van der Waals surface area contributed by atoms with Crippen molar-refractivity contribution in [1.29, 1.82) is 0 Å². The molecule has 4 rings (SSSR count).